The average molecular weight is 333 g/mol. The Morgan fingerprint density at radius 2 is 1.96 bits per heavy atom. The number of rotatable bonds is 6. The third-order valence-electron chi connectivity index (χ3n) is 5.19. The average Bonchev–Trinajstić information content (AvgIpc) is 2.84. The highest BCUT2D eigenvalue weighted by Gasteiger charge is 2.42. The molecule has 23 heavy (non-hydrogen) atoms. The van der Waals surface area contributed by atoms with Crippen molar-refractivity contribution in [3.63, 3.8) is 0 Å². The summed E-state index contributed by atoms with van der Waals surface area (Å²) >= 11 is 1.97. The Hall–Kier alpha value is -1.16. The van der Waals surface area contributed by atoms with Crippen molar-refractivity contribution >= 4 is 17.7 Å². The zero-order chi connectivity index (χ0) is 16.2. The number of piperidine rings is 1. The summed E-state index contributed by atoms with van der Waals surface area (Å²) in [5.41, 5.74) is 1.15. The van der Waals surface area contributed by atoms with Crippen molar-refractivity contribution in [1.29, 1.82) is 0 Å². The molecule has 2 heterocycles. The Morgan fingerprint density at radius 1 is 1.26 bits per heavy atom. The fourth-order valence-corrected chi connectivity index (χ4v) is 4.93. The van der Waals surface area contributed by atoms with Gasteiger partial charge in [0, 0.05) is 23.8 Å². The molecule has 2 unspecified atom stereocenters. The van der Waals surface area contributed by atoms with Crippen molar-refractivity contribution in [1.82, 2.24) is 4.90 Å². The number of thioether (sulfide) groups is 1. The Labute approximate surface area is 143 Å². The number of amides is 1. The van der Waals surface area contributed by atoms with Crippen LogP contribution in [0.3, 0.4) is 0 Å². The van der Waals surface area contributed by atoms with Gasteiger partial charge in [-0.1, -0.05) is 18.2 Å². The first-order valence-electron chi connectivity index (χ1n) is 8.77. The number of fused-ring (bicyclic) bond motifs is 2. The van der Waals surface area contributed by atoms with Gasteiger partial charge in [-0.2, -0.15) is 11.8 Å². The van der Waals surface area contributed by atoms with Crippen LogP contribution in [0, 0.1) is 0 Å². The molecule has 1 amide bonds. The summed E-state index contributed by atoms with van der Waals surface area (Å²) in [7, 11) is 0. The van der Waals surface area contributed by atoms with E-state index in [1.165, 1.54) is 25.7 Å². The van der Waals surface area contributed by atoms with Crippen LogP contribution < -0.4 is 4.74 Å². The Kier molecular flexibility index (Phi) is 5.52. The van der Waals surface area contributed by atoms with Gasteiger partial charge in [-0.15, -0.1) is 0 Å². The molecule has 2 bridgehead atoms. The van der Waals surface area contributed by atoms with Crippen molar-refractivity contribution in [2.75, 3.05) is 12.9 Å². The van der Waals surface area contributed by atoms with Crippen LogP contribution in [-0.2, 0) is 11.2 Å². The largest absolute Gasteiger partial charge is 0.494 e. The Balaban J connectivity index is 1.60. The molecule has 2 aliphatic heterocycles. The minimum Gasteiger partial charge on any atom is -0.494 e. The summed E-state index contributed by atoms with van der Waals surface area (Å²) in [5.74, 6) is 1.26. The maximum Gasteiger partial charge on any atom is 0.223 e. The molecule has 0 saturated carbocycles. The highest BCUT2D eigenvalue weighted by atomic mass is 32.2. The number of hydrogen-bond donors (Lipinski definition) is 0. The number of nitrogens with zero attached hydrogens (tertiary/aromatic N) is 1. The monoisotopic (exact) mass is 333 g/mol. The van der Waals surface area contributed by atoms with Crippen molar-refractivity contribution < 1.29 is 9.53 Å². The summed E-state index contributed by atoms with van der Waals surface area (Å²) in [6.45, 7) is 2.66. The first-order valence-corrected chi connectivity index (χ1v) is 10.1. The first kappa shape index (κ1) is 16.7. The molecule has 1 aromatic carbocycles. The SMILES string of the molecule is CCOc1ccccc1CCC(=O)N1C2CCC1CC(SC)C2. The number of para-hydroxylation sites is 1. The van der Waals surface area contributed by atoms with Gasteiger partial charge in [-0.05, 0) is 56.9 Å². The van der Waals surface area contributed by atoms with Crippen LogP contribution >= 0.6 is 11.8 Å². The van der Waals surface area contributed by atoms with Gasteiger partial charge in [-0.3, -0.25) is 4.79 Å². The molecule has 0 spiro atoms. The molecular weight excluding hydrogens is 306 g/mol. The molecule has 4 heteroatoms. The van der Waals surface area contributed by atoms with Gasteiger partial charge in [0.15, 0.2) is 0 Å². The predicted octanol–water partition coefficient (Wildman–Crippen LogP) is 3.90. The lowest BCUT2D eigenvalue weighted by Gasteiger charge is -2.38. The van der Waals surface area contributed by atoms with Crippen molar-refractivity contribution in [3.8, 4) is 5.75 Å². The summed E-state index contributed by atoms with van der Waals surface area (Å²) in [4.78, 5) is 15.0. The van der Waals surface area contributed by atoms with Crippen molar-refractivity contribution in [3.05, 3.63) is 29.8 Å². The summed E-state index contributed by atoms with van der Waals surface area (Å²) < 4.78 is 5.67. The van der Waals surface area contributed by atoms with E-state index in [-0.39, 0.29) is 0 Å². The minimum absolute atomic E-state index is 0.336. The molecule has 2 fully saturated rings. The molecule has 0 aromatic heterocycles. The second-order valence-corrected chi connectivity index (χ2v) is 7.69. The quantitative estimate of drug-likeness (QED) is 0.791. The zero-order valence-electron chi connectivity index (χ0n) is 14.2. The molecule has 1 aromatic rings. The number of aryl methyl sites for hydroxylation is 1. The number of ether oxygens (including phenoxy) is 1. The molecule has 2 saturated heterocycles. The van der Waals surface area contributed by atoms with Crippen LogP contribution in [0.5, 0.6) is 5.75 Å². The van der Waals surface area contributed by atoms with E-state index < -0.39 is 0 Å². The maximum absolute atomic E-state index is 12.8. The lowest BCUT2D eigenvalue weighted by Crippen LogP contribution is -2.47. The van der Waals surface area contributed by atoms with Gasteiger partial charge >= 0.3 is 0 Å². The van der Waals surface area contributed by atoms with E-state index in [4.69, 9.17) is 4.74 Å². The van der Waals surface area contributed by atoms with Crippen molar-refractivity contribution in [2.45, 2.75) is 62.8 Å². The number of hydrogen-bond acceptors (Lipinski definition) is 3. The molecule has 0 aliphatic carbocycles. The molecule has 0 N–H and O–H groups in total. The van der Waals surface area contributed by atoms with E-state index in [0.717, 1.165) is 23.0 Å². The second-order valence-electron chi connectivity index (χ2n) is 6.56. The van der Waals surface area contributed by atoms with Gasteiger partial charge in [-0.25, -0.2) is 0 Å². The topological polar surface area (TPSA) is 29.5 Å². The molecule has 3 rings (SSSR count). The third kappa shape index (κ3) is 3.68. The van der Waals surface area contributed by atoms with E-state index in [1.54, 1.807) is 0 Å². The molecule has 126 valence electrons. The fraction of sp³-hybridized carbons (Fsp3) is 0.632. The highest BCUT2D eigenvalue weighted by Crippen LogP contribution is 2.40. The first-order chi connectivity index (χ1) is 11.2. The lowest BCUT2D eigenvalue weighted by atomic mass is 10.0. The standard InChI is InChI=1S/C19H27NO2S/c1-3-22-18-7-5-4-6-14(18)8-11-19(21)20-15-9-10-16(20)13-17(12-15)23-2/h4-7,15-17H,3,8-13H2,1-2H3. The molecular formula is C19H27NO2S. The van der Waals surface area contributed by atoms with Crippen LogP contribution in [0.15, 0.2) is 24.3 Å². The minimum atomic E-state index is 0.336. The van der Waals surface area contributed by atoms with Crippen LogP contribution in [0.4, 0.5) is 0 Å². The molecule has 2 atom stereocenters. The smallest absolute Gasteiger partial charge is 0.223 e. The van der Waals surface area contributed by atoms with Crippen LogP contribution in [-0.4, -0.2) is 41.0 Å². The maximum atomic E-state index is 12.8. The van der Waals surface area contributed by atoms with E-state index in [9.17, 15) is 4.79 Å². The summed E-state index contributed by atoms with van der Waals surface area (Å²) in [6.07, 6.45) is 8.33. The fourth-order valence-electron chi connectivity index (χ4n) is 4.10. The van der Waals surface area contributed by atoms with Crippen LogP contribution in [0.2, 0.25) is 0 Å². The third-order valence-corrected chi connectivity index (χ3v) is 6.24. The van der Waals surface area contributed by atoms with Crippen LogP contribution in [0.25, 0.3) is 0 Å². The lowest BCUT2D eigenvalue weighted by molar-refractivity contribution is -0.135. The molecule has 0 radical (unpaired) electrons. The van der Waals surface area contributed by atoms with Crippen LogP contribution in [0.1, 0.15) is 44.6 Å². The van der Waals surface area contributed by atoms with E-state index in [2.05, 4.69) is 17.2 Å². The Bertz CT molecular complexity index is 534. The predicted molar refractivity (Wildman–Crippen MR) is 96.1 cm³/mol. The van der Waals surface area contributed by atoms with E-state index in [1.807, 2.05) is 36.9 Å². The second kappa shape index (κ2) is 7.61. The van der Waals surface area contributed by atoms with Gasteiger partial charge in [0.2, 0.25) is 5.91 Å². The zero-order valence-corrected chi connectivity index (χ0v) is 15.0. The summed E-state index contributed by atoms with van der Waals surface area (Å²) in [6, 6.07) is 9.06. The number of carbonyl (C=O) groups is 1. The van der Waals surface area contributed by atoms with E-state index >= 15 is 0 Å². The van der Waals surface area contributed by atoms with E-state index in [0.29, 0.717) is 31.0 Å². The van der Waals surface area contributed by atoms with Crippen molar-refractivity contribution in [2.24, 2.45) is 0 Å². The highest BCUT2D eigenvalue weighted by molar-refractivity contribution is 7.99. The van der Waals surface area contributed by atoms with Gasteiger partial charge in [0.05, 0.1) is 6.61 Å². The number of carbonyl (C=O) groups excluding carboxylic acids is 1. The Morgan fingerprint density at radius 3 is 2.61 bits per heavy atom. The van der Waals surface area contributed by atoms with Gasteiger partial charge in [0.1, 0.15) is 5.75 Å². The summed E-state index contributed by atoms with van der Waals surface area (Å²) in [5, 5.41) is 0.746. The van der Waals surface area contributed by atoms with Gasteiger partial charge in [0.25, 0.3) is 0 Å². The van der Waals surface area contributed by atoms with Gasteiger partial charge < -0.3 is 9.64 Å². The molecule has 2 aliphatic rings. The normalized spacial score (nSPS) is 26.3. The number of benzene rings is 1. The molecule has 3 nitrogen and oxygen atoms in total.